The van der Waals surface area contributed by atoms with E-state index in [2.05, 4.69) is 233 Å². The third-order valence-electron chi connectivity index (χ3n) is 15.7. The highest BCUT2D eigenvalue weighted by Crippen LogP contribution is 2.49. The van der Waals surface area contributed by atoms with E-state index in [0.29, 0.717) is 0 Å². The molecule has 332 valence electrons. The lowest BCUT2D eigenvalue weighted by molar-refractivity contribution is 0.569. The Bertz CT molecular complexity index is 3750. The third kappa shape index (κ3) is 6.08. The van der Waals surface area contributed by atoms with E-state index in [9.17, 15) is 0 Å². The number of aromatic nitrogens is 2. The van der Waals surface area contributed by atoms with E-state index in [1.807, 2.05) is 0 Å². The Balaban J connectivity index is 1.33. The van der Waals surface area contributed by atoms with Gasteiger partial charge in [0.15, 0.2) is 0 Å². The molecule has 0 fully saturated rings. The molecule has 0 aliphatic carbocycles. The second kappa shape index (κ2) is 13.7. The van der Waals surface area contributed by atoms with E-state index in [1.165, 1.54) is 138 Å². The van der Waals surface area contributed by atoms with Crippen molar-refractivity contribution in [1.29, 1.82) is 0 Å². The van der Waals surface area contributed by atoms with E-state index < -0.39 is 0 Å². The molecule has 0 saturated carbocycles. The first-order valence-corrected chi connectivity index (χ1v) is 24.6. The molecule has 0 unspecified atom stereocenters. The first-order chi connectivity index (χ1) is 31.6. The molecule has 10 aromatic rings. The van der Waals surface area contributed by atoms with Crippen LogP contribution in [0.5, 0.6) is 0 Å². The molecule has 3 heteroatoms. The van der Waals surface area contributed by atoms with Crippen molar-refractivity contribution in [3.8, 4) is 39.1 Å². The summed E-state index contributed by atoms with van der Waals surface area (Å²) in [6, 6.07) is 50.7. The second-order valence-electron chi connectivity index (χ2n) is 24.4. The van der Waals surface area contributed by atoms with Crippen LogP contribution in [0.1, 0.15) is 116 Å². The summed E-state index contributed by atoms with van der Waals surface area (Å²) in [5, 5.41) is 7.86. The average molecular weight is 871 g/mol. The molecule has 0 saturated heterocycles. The Kier molecular flexibility index (Phi) is 8.57. The van der Waals surface area contributed by atoms with Crippen molar-refractivity contribution < 1.29 is 0 Å². The van der Waals surface area contributed by atoms with Crippen molar-refractivity contribution in [2.45, 2.75) is 119 Å². The van der Waals surface area contributed by atoms with Crippen molar-refractivity contribution in [2.24, 2.45) is 0 Å². The fraction of sp³-hybridized carbons (Fsp3) is 0.281. The van der Waals surface area contributed by atoms with Crippen LogP contribution >= 0.6 is 0 Å². The van der Waals surface area contributed by atoms with Crippen molar-refractivity contribution >= 4 is 72.2 Å². The molecule has 2 aliphatic heterocycles. The molecular weight excluding hydrogens is 808 g/mol. The van der Waals surface area contributed by atoms with Crippen molar-refractivity contribution in [2.75, 3.05) is 0 Å². The van der Waals surface area contributed by atoms with Crippen LogP contribution in [-0.4, -0.2) is 15.9 Å². The monoisotopic (exact) mass is 871 g/mol. The largest absolute Gasteiger partial charge is 0.375 e. The van der Waals surface area contributed by atoms with Crippen LogP contribution in [-0.2, 0) is 21.7 Å². The Morgan fingerprint density at radius 1 is 0.403 bits per heavy atom. The number of nitrogens with zero attached hydrogens (tertiary/aromatic N) is 2. The lowest BCUT2D eigenvalue weighted by Gasteiger charge is -2.35. The van der Waals surface area contributed by atoms with Crippen LogP contribution in [0.3, 0.4) is 0 Å². The molecule has 4 heterocycles. The molecule has 0 amide bonds. The summed E-state index contributed by atoms with van der Waals surface area (Å²) >= 11 is 0. The number of fused-ring (bicyclic) bond motifs is 12. The average Bonchev–Trinajstić information content (AvgIpc) is 3.78. The zero-order valence-electron chi connectivity index (χ0n) is 42.1. The van der Waals surface area contributed by atoms with Crippen LogP contribution in [0.15, 0.2) is 127 Å². The topological polar surface area (TPSA) is 9.86 Å². The Morgan fingerprint density at radius 3 is 1.69 bits per heavy atom. The van der Waals surface area contributed by atoms with Gasteiger partial charge in [-0.3, -0.25) is 0 Å². The van der Waals surface area contributed by atoms with E-state index in [1.54, 1.807) is 0 Å². The number of benzene rings is 8. The van der Waals surface area contributed by atoms with Gasteiger partial charge in [0, 0.05) is 49.2 Å². The van der Waals surface area contributed by atoms with Gasteiger partial charge in [-0.15, -0.1) is 0 Å². The minimum absolute atomic E-state index is 0.00619. The number of hydrogen-bond donors (Lipinski definition) is 0. The molecule has 2 aromatic heterocycles. The van der Waals surface area contributed by atoms with Crippen LogP contribution in [0, 0.1) is 13.8 Å². The molecule has 0 spiro atoms. The van der Waals surface area contributed by atoms with Gasteiger partial charge in [0.1, 0.15) is 0 Å². The van der Waals surface area contributed by atoms with Gasteiger partial charge in [-0.1, -0.05) is 168 Å². The quantitative estimate of drug-likeness (QED) is 0.153. The summed E-state index contributed by atoms with van der Waals surface area (Å²) in [5.41, 5.74) is 25.1. The summed E-state index contributed by atoms with van der Waals surface area (Å²) in [6.07, 6.45) is 0. The van der Waals surface area contributed by atoms with Gasteiger partial charge in [-0.25, -0.2) is 0 Å². The van der Waals surface area contributed by atoms with Gasteiger partial charge in [-0.05, 0) is 155 Å². The fourth-order valence-corrected chi connectivity index (χ4v) is 11.9. The van der Waals surface area contributed by atoms with Gasteiger partial charge in [0.05, 0.1) is 11.0 Å². The van der Waals surface area contributed by atoms with E-state index in [0.717, 1.165) is 0 Å². The molecule has 67 heavy (non-hydrogen) atoms. The highest BCUT2D eigenvalue weighted by Gasteiger charge is 2.43. The van der Waals surface area contributed by atoms with Gasteiger partial charge in [-0.2, -0.15) is 0 Å². The van der Waals surface area contributed by atoms with Crippen molar-refractivity contribution in [1.82, 2.24) is 9.05 Å². The lowest BCUT2D eigenvalue weighted by Crippen LogP contribution is -2.55. The first kappa shape index (κ1) is 42.1. The van der Waals surface area contributed by atoms with Crippen LogP contribution < -0.4 is 10.9 Å². The Labute approximate surface area is 397 Å². The minimum atomic E-state index is -0.0630. The zero-order valence-corrected chi connectivity index (χ0v) is 42.1. The maximum absolute atomic E-state index is 2.77. The number of hydrogen-bond acceptors (Lipinski definition) is 0. The third-order valence-corrected chi connectivity index (χ3v) is 15.7. The minimum Gasteiger partial charge on any atom is -0.375 e. The lowest BCUT2D eigenvalue weighted by atomic mass is 9.45. The summed E-state index contributed by atoms with van der Waals surface area (Å²) < 4.78 is 5.47. The summed E-state index contributed by atoms with van der Waals surface area (Å²) in [5.74, 6) is 0. The van der Waals surface area contributed by atoms with Crippen molar-refractivity contribution in [3.05, 3.63) is 161 Å². The molecule has 8 aromatic carbocycles. The first-order valence-electron chi connectivity index (χ1n) is 24.6. The van der Waals surface area contributed by atoms with Crippen LogP contribution in [0.2, 0.25) is 0 Å². The molecule has 0 N–H and O–H groups in total. The fourth-order valence-electron chi connectivity index (χ4n) is 11.9. The summed E-state index contributed by atoms with van der Waals surface area (Å²) in [6.45, 7) is 32.8. The highest BCUT2D eigenvalue weighted by molar-refractivity contribution is 6.90. The molecule has 2 nitrogen and oxygen atoms in total. The van der Waals surface area contributed by atoms with Gasteiger partial charge in [0.2, 0.25) is 0 Å². The predicted octanol–water partition coefficient (Wildman–Crippen LogP) is 16.1. The van der Waals surface area contributed by atoms with Crippen LogP contribution in [0.4, 0.5) is 0 Å². The molecule has 0 atom stereocenters. The van der Waals surface area contributed by atoms with Crippen LogP contribution in [0.25, 0.3) is 93.5 Å². The molecule has 2 aliphatic rings. The number of rotatable bonds is 2. The SMILES string of the molecule is Cc1cccc(C)c1-c1cc2c3c(c1)c1ccc4ccccc4c1n3-c1cc(-c3cc(C(C)(C)C)cc(C(C)(C)C)c3)cc3c1B2n1c2ccc(C(C)(C)C)cc2c2cc(C(C)(C)C)cc-3c21. The molecule has 0 bridgehead atoms. The normalized spacial score (nSPS) is 13.8. The Morgan fingerprint density at radius 2 is 1.01 bits per heavy atom. The maximum Gasteiger partial charge on any atom is 0.333 e. The van der Waals surface area contributed by atoms with Gasteiger partial charge < -0.3 is 9.05 Å². The van der Waals surface area contributed by atoms with E-state index >= 15 is 0 Å². The molecule has 0 radical (unpaired) electrons. The van der Waals surface area contributed by atoms with E-state index in [-0.39, 0.29) is 28.5 Å². The van der Waals surface area contributed by atoms with Gasteiger partial charge >= 0.3 is 6.85 Å². The molecular formula is C64H63BN2. The maximum atomic E-state index is 2.77. The highest BCUT2D eigenvalue weighted by atomic mass is 15.0. The molecule has 12 rings (SSSR count). The smallest absolute Gasteiger partial charge is 0.333 e. The summed E-state index contributed by atoms with van der Waals surface area (Å²) in [7, 11) is 0. The zero-order chi connectivity index (χ0) is 47.0. The van der Waals surface area contributed by atoms with Gasteiger partial charge in [0.25, 0.3) is 0 Å². The number of aryl methyl sites for hydroxylation is 2. The van der Waals surface area contributed by atoms with E-state index in [4.69, 9.17) is 0 Å². The predicted molar refractivity (Wildman–Crippen MR) is 292 cm³/mol. The second-order valence-corrected chi connectivity index (χ2v) is 24.4. The van der Waals surface area contributed by atoms with Crippen molar-refractivity contribution in [3.63, 3.8) is 0 Å². The standard InChI is InChI=1S/C64H63BN2/c1-36-18-17-19-37(2)56(36)41-29-50-47-24-22-38-20-15-16-21-46(38)58(47)66-55-31-40(39-26-43(62(6,7)8)32-44(27-39)63(9,10)11)28-49-52-35-45(64(12,13)14)34-51-48-33-42(61(3,4)5)23-25-54(48)67(59(51)52)65(57(49)55)53(30-41)60(50)66/h15-35H,1-14H3. The summed E-state index contributed by atoms with van der Waals surface area (Å²) in [4.78, 5) is 0. The Hall–Kier alpha value is -6.32.